The van der Waals surface area contributed by atoms with Crippen LogP contribution in [0.15, 0.2) is 18.2 Å². The van der Waals surface area contributed by atoms with E-state index in [4.69, 9.17) is 9.84 Å². The van der Waals surface area contributed by atoms with Gasteiger partial charge in [-0.25, -0.2) is 9.18 Å². The van der Waals surface area contributed by atoms with Crippen LogP contribution in [0.5, 0.6) is 5.75 Å². The monoisotopic (exact) mass is 284 g/mol. The molecule has 0 saturated carbocycles. The fourth-order valence-corrected chi connectivity index (χ4v) is 1.77. The molecule has 5 nitrogen and oxygen atoms in total. The summed E-state index contributed by atoms with van der Waals surface area (Å²) in [6.45, 7) is 2.18. The maximum Gasteiger partial charge on any atom is 0.315 e. The summed E-state index contributed by atoms with van der Waals surface area (Å²) in [6.07, 6.45) is 1.35. The molecule has 0 aliphatic heterocycles. The minimum Gasteiger partial charge on any atom is -0.497 e. The van der Waals surface area contributed by atoms with Crippen molar-refractivity contribution in [1.29, 1.82) is 0 Å². The molecule has 6 heteroatoms. The highest BCUT2D eigenvalue weighted by Crippen LogP contribution is 2.15. The second-order valence-electron chi connectivity index (χ2n) is 4.59. The summed E-state index contributed by atoms with van der Waals surface area (Å²) in [5.41, 5.74) is 0.625. The van der Waals surface area contributed by atoms with E-state index >= 15 is 0 Å². The van der Waals surface area contributed by atoms with Crippen LogP contribution in [0, 0.1) is 5.82 Å². The first-order valence-corrected chi connectivity index (χ1v) is 6.54. The molecule has 0 fully saturated rings. The number of hydrogen-bond donors (Lipinski definition) is 3. The van der Waals surface area contributed by atoms with Crippen molar-refractivity contribution in [2.75, 3.05) is 13.7 Å². The van der Waals surface area contributed by atoms with Crippen molar-refractivity contribution in [2.45, 2.75) is 32.4 Å². The summed E-state index contributed by atoms with van der Waals surface area (Å²) >= 11 is 0. The number of benzene rings is 1. The molecule has 0 heterocycles. The fraction of sp³-hybridized carbons (Fsp3) is 0.500. The highest BCUT2D eigenvalue weighted by molar-refractivity contribution is 5.74. The molecule has 1 rings (SSSR count). The third-order valence-corrected chi connectivity index (χ3v) is 2.79. The van der Waals surface area contributed by atoms with E-state index in [1.54, 1.807) is 6.07 Å². The van der Waals surface area contributed by atoms with Gasteiger partial charge in [0.2, 0.25) is 0 Å². The number of carbonyl (C=O) groups excluding carboxylic acids is 1. The van der Waals surface area contributed by atoms with Gasteiger partial charge in [-0.1, -0.05) is 0 Å². The van der Waals surface area contributed by atoms with Crippen molar-refractivity contribution in [3.8, 4) is 5.75 Å². The number of carbonyl (C=O) groups is 1. The standard InChI is InChI=1S/C14H21FN2O3/c1-10(4-3-5-18)17-14(19)16-9-11-6-12(15)8-13(7-11)20-2/h6-8,10,18H,3-5,9H2,1-2H3,(H2,16,17,19). The molecule has 0 radical (unpaired) electrons. The van der Waals surface area contributed by atoms with Crippen LogP contribution in [0.4, 0.5) is 9.18 Å². The molecule has 0 spiro atoms. The summed E-state index contributed by atoms with van der Waals surface area (Å²) in [7, 11) is 1.46. The summed E-state index contributed by atoms with van der Waals surface area (Å²) in [6, 6.07) is 3.94. The lowest BCUT2D eigenvalue weighted by molar-refractivity contribution is 0.234. The number of ether oxygens (including phenoxy) is 1. The van der Waals surface area contributed by atoms with E-state index in [1.165, 1.54) is 19.2 Å². The summed E-state index contributed by atoms with van der Waals surface area (Å²) in [5, 5.41) is 14.1. The third-order valence-electron chi connectivity index (χ3n) is 2.79. The van der Waals surface area contributed by atoms with Gasteiger partial charge in [0, 0.05) is 25.3 Å². The van der Waals surface area contributed by atoms with Gasteiger partial charge in [-0.05, 0) is 37.5 Å². The Bertz CT molecular complexity index is 440. The molecule has 0 aliphatic rings. The summed E-state index contributed by atoms with van der Waals surface area (Å²) in [5.74, 6) is 0.0106. The molecule has 0 saturated heterocycles. The first-order valence-electron chi connectivity index (χ1n) is 6.54. The second kappa shape index (κ2) is 8.37. The predicted octanol–water partition coefficient (Wildman–Crippen LogP) is 1.79. The van der Waals surface area contributed by atoms with Crippen LogP contribution in [-0.2, 0) is 6.54 Å². The molecule has 1 atom stereocenters. The van der Waals surface area contributed by atoms with Crippen LogP contribution in [0.1, 0.15) is 25.3 Å². The summed E-state index contributed by atoms with van der Waals surface area (Å²) < 4.78 is 18.2. The Kier molecular flexibility index (Phi) is 6.79. The zero-order valence-corrected chi connectivity index (χ0v) is 11.8. The Hall–Kier alpha value is -1.82. The topological polar surface area (TPSA) is 70.6 Å². The molecular formula is C14H21FN2O3. The van der Waals surface area contributed by atoms with Crippen molar-refractivity contribution in [3.63, 3.8) is 0 Å². The predicted molar refractivity (Wildman–Crippen MR) is 74.1 cm³/mol. The van der Waals surface area contributed by atoms with Gasteiger partial charge in [-0.15, -0.1) is 0 Å². The maximum absolute atomic E-state index is 13.3. The average Bonchev–Trinajstić information content (AvgIpc) is 2.42. The number of amides is 2. The molecule has 20 heavy (non-hydrogen) atoms. The van der Waals surface area contributed by atoms with Crippen molar-refractivity contribution < 1.29 is 19.0 Å². The van der Waals surface area contributed by atoms with E-state index in [1.807, 2.05) is 6.92 Å². The van der Waals surface area contributed by atoms with Crippen molar-refractivity contribution in [1.82, 2.24) is 10.6 Å². The summed E-state index contributed by atoms with van der Waals surface area (Å²) in [4.78, 5) is 11.6. The van der Waals surface area contributed by atoms with Gasteiger partial charge in [-0.2, -0.15) is 0 Å². The third kappa shape index (κ3) is 5.88. The van der Waals surface area contributed by atoms with E-state index in [0.29, 0.717) is 24.2 Å². The number of methoxy groups -OCH3 is 1. The highest BCUT2D eigenvalue weighted by Gasteiger charge is 2.07. The Morgan fingerprint density at radius 3 is 2.85 bits per heavy atom. The Balaban J connectivity index is 2.42. The lowest BCUT2D eigenvalue weighted by Crippen LogP contribution is -2.40. The number of nitrogens with one attached hydrogen (secondary N) is 2. The Labute approximate surface area is 118 Å². The van der Waals surface area contributed by atoms with Crippen LogP contribution in [0.2, 0.25) is 0 Å². The van der Waals surface area contributed by atoms with Crippen molar-refractivity contribution >= 4 is 6.03 Å². The number of aliphatic hydroxyl groups is 1. The van der Waals surface area contributed by atoms with E-state index in [-0.39, 0.29) is 25.2 Å². The number of halogens is 1. The lowest BCUT2D eigenvalue weighted by atomic mass is 10.2. The zero-order chi connectivity index (χ0) is 15.0. The van der Waals surface area contributed by atoms with E-state index < -0.39 is 5.82 Å². The second-order valence-corrected chi connectivity index (χ2v) is 4.59. The number of urea groups is 1. The molecular weight excluding hydrogens is 263 g/mol. The SMILES string of the molecule is COc1cc(F)cc(CNC(=O)NC(C)CCCO)c1. The van der Waals surface area contributed by atoms with Crippen LogP contribution in [0.25, 0.3) is 0 Å². The van der Waals surface area contributed by atoms with Gasteiger partial charge >= 0.3 is 6.03 Å². The molecule has 2 amide bonds. The minimum absolute atomic E-state index is 0.0239. The molecule has 0 aliphatic carbocycles. The number of rotatable bonds is 7. The van der Waals surface area contributed by atoms with E-state index in [0.717, 1.165) is 0 Å². The Morgan fingerprint density at radius 2 is 2.20 bits per heavy atom. The van der Waals surface area contributed by atoms with Crippen LogP contribution in [-0.4, -0.2) is 30.9 Å². The van der Waals surface area contributed by atoms with Gasteiger partial charge in [0.05, 0.1) is 7.11 Å². The molecule has 0 aromatic heterocycles. The molecule has 112 valence electrons. The van der Waals surface area contributed by atoms with Gasteiger partial charge in [0.25, 0.3) is 0 Å². The number of aliphatic hydroxyl groups excluding tert-OH is 1. The zero-order valence-electron chi connectivity index (χ0n) is 11.8. The Morgan fingerprint density at radius 1 is 1.45 bits per heavy atom. The number of hydrogen-bond acceptors (Lipinski definition) is 3. The van der Waals surface area contributed by atoms with Crippen molar-refractivity contribution in [3.05, 3.63) is 29.6 Å². The molecule has 1 aromatic rings. The maximum atomic E-state index is 13.3. The lowest BCUT2D eigenvalue weighted by Gasteiger charge is -2.14. The normalized spacial score (nSPS) is 11.8. The largest absolute Gasteiger partial charge is 0.497 e. The first-order chi connectivity index (χ1) is 9.55. The van der Waals surface area contributed by atoms with E-state index in [9.17, 15) is 9.18 Å². The highest BCUT2D eigenvalue weighted by atomic mass is 19.1. The van der Waals surface area contributed by atoms with Gasteiger partial charge in [0.15, 0.2) is 0 Å². The smallest absolute Gasteiger partial charge is 0.315 e. The quantitative estimate of drug-likeness (QED) is 0.715. The van der Waals surface area contributed by atoms with E-state index in [2.05, 4.69) is 10.6 Å². The fourth-order valence-electron chi connectivity index (χ4n) is 1.77. The molecule has 1 aromatic carbocycles. The first kappa shape index (κ1) is 16.2. The molecule has 1 unspecified atom stereocenters. The van der Waals surface area contributed by atoms with Crippen LogP contribution >= 0.6 is 0 Å². The molecule has 3 N–H and O–H groups in total. The van der Waals surface area contributed by atoms with Gasteiger partial charge < -0.3 is 20.5 Å². The van der Waals surface area contributed by atoms with Gasteiger partial charge in [0.1, 0.15) is 11.6 Å². The van der Waals surface area contributed by atoms with Gasteiger partial charge in [-0.3, -0.25) is 0 Å². The van der Waals surface area contributed by atoms with Crippen LogP contribution in [0.3, 0.4) is 0 Å². The molecule has 0 bridgehead atoms. The minimum atomic E-state index is -0.405. The van der Waals surface area contributed by atoms with Crippen LogP contribution < -0.4 is 15.4 Å². The van der Waals surface area contributed by atoms with Crippen molar-refractivity contribution in [2.24, 2.45) is 0 Å². The average molecular weight is 284 g/mol.